The van der Waals surface area contributed by atoms with Gasteiger partial charge in [0, 0.05) is 18.0 Å². The third kappa shape index (κ3) is 3.47. The Morgan fingerprint density at radius 2 is 2.11 bits per heavy atom. The molecule has 5 heteroatoms. The van der Waals surface area contributed by atoms with Crippen molar-refractivity contribution in [2.75, 3.05) is 11.9 Å². The minimum Gasteiger partial charge on any atom is -0.367 e. The average Bonchev–Trinajstić information content (AvgIpc) is 2.74. The van der Waals surface area contributed by atoms with Gasteiger partial charge in [-0.25, -0.2) is 4.39 Å². The highest BCUT2D eigenvalue weighted by Gasteiger charge is 2.11. The molecule has 102 valence electrons. The Kier molecular flexibility index (Phi) is 4.45. The van der Waals surface area contributed by atoms with E-state index in [0.717, 1.165) is 14.8 Å². The van der Waals surface area contributed by atoms with Gasteiger partial charge in [-0.3, -0.25) is 0 Å². The lowest BCUT2D eigenvalue weighted by Gasteiger charge is -2.20. The Balaban J connectivity index is 2.17. The van der Waals surface area contributed by atoms with Gasteiger partial charge in [0.15, 0.2) is 0 Å². The van der Waals surface area contributed by atoms with Crippen LogP contribution in [0.15, 0.2) is 30.3 Å². The van der Waals surface area contributed by atoms with Crippen molar-refractivity contribution in [1.82, 2.24) is 0 Å². The van der Waals surface area contributed by atoms with Crippen LogP contribution in [0.1, 0.15) is 23.4 Å². The first-order valence-corrected chi connectivity index (χ1v) is 7.17. The molecule has 1 aromatic heterocycles. The van der Waals surface area contributed by atoms with E-state index in [4.69, 9.17) is 17.3 Å². The van der Waals surface area contributed by atoms with Gasteiger partial charge in [0.1, 0.15) is 5.82 Å². The first kappa shape index (κ1) is 14.3. The summed E-state index contributed by atoms with van der Waals surface area (Å²) in [5, 5.41) is 0. The van der Waals surface area contributed by atoms with Crippen LogP contribution in [0.5, 0.6) is 0 Å². The van der Waals surface area contributed by atoms with E-state index in [9.17, 15) is 4.39 Å². The van der Waals surface area contributed by atoms with Crippen molar-refractivity contribution in [3.8, 4) is 0 Å². The van der Waals surface area contributed by atoms with Gasteiger partial charge in [-0.1, -0.05) is 17.7 Å². The number of halogens is 2. The highest BCUT2D eigenvalue weighted by Crippen LogP contribution is 2.26. The molecule has 1 aromatic carbocycles. The van der Waals surface area contributed by atoms with Gasteiger partial charge in [-0.2, -0.15) is 0 Å². The summed E-state index contributed by atoms with van der Waals surface area (Å²) in [6.07, 6.45) is 0. The fourth-order valence-corrected chi connectivity index (χ4v) is 3.01. The molecule has 0 saturated carbocycles. The van der Waals surface area contributed by atoms with E-state index in [1.807, 2.05) is 37.1 Å². The second-order valence-corrected chi connectivity index (χ2v) is 6.36. The van der Waals surface area contributed by atoms with Crippen LogP contribution < -0.4 is 10.6 Å². The lowest BCUT2D eigenvalue weighted by molar-refractivity contribution is 0.617. The zero-order chi connectivity index (χ0) is 14.0. The number of benzene rings is 1. The maximum atomic E-state index is 14.0. The minimum absolute atomic E-state index is 0.162. The second-order valence-electron chi connectivity index (χ2n) is 4.56. The molecule has 0 aliphatic rings. The van der Waals surface area contributed by atoms with Crippen LogP contribution in [0.3, 0.4) is 0 Å². The molecule has 0 amide bonds. The van der Waals surface area contributed by atoms with Gasteiger partial charge in [-0.15, -0.1) is 11.3 Å². The van der Waals surface area contributed by atoms with Gasteiger partial charge in [0.25, 0.3) is 0 Å². The van der Waals surface area contributed by atoms with Crippen LogP contribution in [-0.2, 0) is 6.54 Å². The predicted molar refractivity (Wildman–Crippen MR) is 80.4 cm³/mol. The van der Waals surface area contributed by atoms with Crippen molar-refractivity contribution in [1.29, 1.82) is 0 Å². The Morgan fingerprint density at radius 3 is 2.63 bits per heavy atom. The van der Waals surface area contributed by atoms with E-state index in [1.54, 1.807) is 6.07 Å². The maximum absolute atomic E-state index is 14.0. The Labute approximate surface area is 121 Å². The van der Waals surface area contributed by atoms with Gasteiger partial charge < -0.3 is 10.6 Å². The topological polar surface area (TPSA) is 29.3 Å². The Bertz CT molecular complexity index is 568. The summed E-state index contributed by atoms with van der Waals surface area (Å²) < 4.78 is 14.8. The summed E-state index contributed by atoms with van der Waals surface area (Å²) in [6, 6.07) is 8.77. The molecule has 2 aromatic rings. The molecule has 2 N–H and O–H groups in total. The smallest absolute Gasteiger partial charge is 0.146 e. The minimum atomic E-state index is -0.250. The van der Waals surface area contributed by atoms with Crippen LogP contribution in [0.25, 0.3) is 0 Å². The van der Waals surface area contributed by atoms with Crippen LogP contribution in [-0.4, -0.2) is 7.05 Å². The van der Waals surface area contributed by atoms with Crippen molar-refractivity contribution < 1.29 is 4.39 Å². The number of rotatable bonds is 4. The normalized spacial score (nSPS) is 12.5. The van der Waals surface area contributed by atoms with Crippen molar-refractivity contribution in [2.45, 2.75) is 19.5 Å². The molecular weight excluding hydrogens is 283 g/mol. The maximum Gasteiger partial charge on any atom is 0.146 e. The molecule has 0 spiro atoms. The lowest BCUT2D eigenvalue weighted by Crippen LogP contribution is -2.17. The van der Waals surface area contributed by atoms with Crippen LogP contribution in [0, 0.1) is 5.82 Å². The van der Waals surface area contributed by atoms with Gasteiger partial charge in [-0.05, 0) is 36.8 Å². The zero-order valence-corrected chi connectivity index (χ0v) is 12.4. The number of nitrogens with two attached hydrogens (primary N) is 1. The van der Waals surface area contributed by atoms with Crippen LogP contribution in [0.2, 0.25) is 4.34 Å². The van der Waals surface area contributed by atoms with Gasteiger partial charge in [0.2, 0.25) is 0 Å². The van der Waals surface area contributed by atoms with Crippen LogP contribution in [0.4, 0.5) is 10.1 Å². The molecule has 0 bridgehead atoms. The summed E-state index contributed by atoms with van der Waals surface area (Å²) in [4.78, 5) is 2.96. The standard InChI is InChI=1S/C14H16ClFN2S/c1-9(17)10-3-5-13(12(16)7-10)18(2)8-11-4-6-14(15)19-11/h3-7,9H,8,17H2,1-2H3/t9-/m1/s1. The third-order valence-electron chi connectivity index (χ3n) is 2.93. The predicted octanol–water partition coefficient (Wildman–Crippen LogP) is 4.20. The van der Waals surface area contributed by atoms with E-state index in [1.165, 1.54) is 17.4 Å². The highest BCUT2D eigenvalue weighted by atomic mass is 35.5. The molecule has 0 saturated heterocycles. The molecule has 0 fully saturated rings. The molecule has 2 nitrogen and oxygen atoms in total. The molecule has 1 atom stereocenters. The first-order chi connectivity index (χ1) is 8.97. The molecule has 0 aliphatic carbocycles. The van der Waals surface area contributed by atoms with Gasteiger partial charge in [0.05, 0.1) is 16.6 Å². The largest absolute Gasteiger partial charge is 0.367 e. The van der Waals surface area contributed by atoms with E-state index in [-0.39, 0.29) is 11.9 Å². The van der Waals surface area contributed by atoms with E-state index < -0.39 is 0 Å². The van der Waals surface area contributed by atoms with Crippen molar-refractivity contribution in [2.24, 2.45) is 5.73 Å². The summed E-state index contributed by atoms with van der Waals surface area (Å²) >= 11 is 7.39. The molecule has 19 heavy (non-hydrogen) atoms. The quantitative estimate of drug-likeness (QED) is 0.917. The number of nitrogens with zero attached hydrogens (tertiary/aromatic N) is 1. The Hall–Kier alpha value is -1.10. The number of thiophene rings is 1. The summed E-state index contributed by atoms with van der Waals surface area (Å²) in [5.74, 6) is -0.250. The molecule has 1 heterocycles. The second kappa shape index (κ2) is 5.90. The first-order valence-electron chi connectivity index (χ1n) is 5.97. The summed E-state index contributed by atoms with van der Waals surface area (Å²) in [6.45, 7) is 2.47. The van der Waals surface area contributed by atoms with Crippen LogP contribution >= 0.6 is 22.9 Å². The lowest BCUT2D eigenvalue weighted by atomic mass is 10.1. The number of hydrogen-bond acceptors (Lipinski definition) is 3. The van der Waals surface area contributed by atoms with Crippen molar-refractivity contribution in [3.63, 3.8) is 0 Å². The van der Waals surface area contributed by atoms with Gasteiger partial charge >= 0.3 is 0 Å². The summed E-state index contributed by atoms with van der Waals surface area (Å²) in [7, 11) is 1.86. The Morgan fingerprint density at radius 1 is 1.37 bits per heavy atom. The monoisotopic (exact) mass is 298 g/mol. The zero-order valence-electron chi connectivity index (χ0n) is 10.9. The fraction of sp³-hybridized carbons (Fsp3) is 0.286. The molecule has 0 unspecified atom stereocenters. The summed E-state index contributed by atoms with van der Waals surface area (Å²) in [5.41, 5.74) is 7.11. The van der Waals surface area contributed by atoms with Crippen molar-refractivity contribution in [3.05, 3.63) is 50.9 Å². The average molecular weight is 299 g/mol. The van der Waals surface area contributed by atoms with E-state index in [0.29, 0.717) is 12.2 Å². The van der Waals surface area contributed by atoms with E-state index in [2.05, 4.69) is 0 Å². The highest BCUT2D eigenvalue weighted by molar-refractivity contribution is 7.16. The number of hydrogen-bond donors (Lipinski definition) is 1. The van der Waals surface area contributed by atoms with E-state index >= 15 is 0 Å². The fourth-order valence-electron chi connectivity index (χ4n) is 1.87. The molecule has 0 radical (unpaired) electrons. The molecule has 0 aliphatic heterocycles. The third-order valence-corrected chi connectivity index (χ3v) is 4.15. The van der Waals surface area contributed by atoms with Crippen molar-refractivity contribution >= 4 is 28.6 Å². The molecule has 2 rings (SSSR count). The molecular formula is C14H16ClFN2S. The number of anilines is 1. The SMILES string of the molecule is C[C@@H](N)c1ccc(N(C)Cc2ccc(Cl)s2)c(F)c1.